The summed E-state index contributed by atoms with van der Waals surface area (Å²) in [6.07, 6.45) is 0. The van der Waals surface area contributed by atoms with Gasteiger partial charge in [-0.25, -0.2) is 0 Å². The maximum Gasteiger partial charge on any atom is 1.00 e. The van der Waals surface area contributed by atoms with E-state index in [-0.39, 0.29) is 37.2 Å². The van der Waals surface area contributed by atoms with E-state index in [0.29, 0.717) is 6.61 Å². The molecule has 0 amide bonds. The molecule has 0 aromatic carbocycles. The number of halogens is 1. The monoisotopic (exact) mass is 130 g/mol. The molecule has 0 saturated heterocycles. The summed E-state index contributed by atoms with van der Waals surface area (Å²) in [7, 11) is 0. The van der Waals surface area contributed by atoms with Crippen molar-refractivity contribution in [3.8, 4) is 0 Å². The van der Waals surface area contributed by atoms with Gasteiger partial charge in [-0.3, -0.25) is 4.79 Å². The van der Waals surface area contributed by atoms with Crippen molar-refractivity contribution in [1.82, 2.24) is 0 Å². The molecule has 0 saturated carbocycles. The number of carbonyl (C=O) groups is 1. The Bertz CT molecular complexity index is 58.0. The Morgan fingerprint density at radius 2 is 2.00 bits per heavy atom. The van der Waals surface area contributed by atoms with Gasteiger partial charge in [-0.05, 0) is 6.92 Å². The molecule has 0 unspecified atom stereocenters. The first-order valence-electron chi connectivity index (χ1n) is 1.90. The molecule has 0 aliphatic heterocycles. The van der Waals surface area contributed by atoms with Gasteiger partial charge in [0.1, 0.15) is 0 Å². The van der Waals surface area contributed by atoms with Crippen LogP contribution in [-0.4, -0.2) is 12.6 Å². The van der Waals surface area contributed by atoms with Gasteiger partial charge in [0.25, 0.3) is 0 Å². The Kier molecular flexibility index (Phi) is 20.4. The van der Waals surface area contributed by atoms with Gasteiger partial charge in [-0.2, -0.15) is 0 Å². The van der Waals surface area contributed by atoms with Crippen molar-refractivity contribution in [3.05, 3.63) is 0 Å². The summed E-state index contributed by atoms with van der Waals surface area (Å²) in [6, 6.07) is 0. The number of hydrogen-bond acceptors (Lipinski definition) is 2. The molecule has 0 radical (unpaired) electrons. The smallest absolute Gasteiger partial charge is 1.00 e. The number of carbonyl (C=O) groups excluding carboxylic acids is 1. The minimum absolute atomic E-state index is 0. The fourth-order valence-corrected chi connectivity index (χ4v) is 0.203. The maximum atomic E-state index is 9.82. The summed E-state index contributed by atoms with van der Waals surface area (Å²) in [6.45, 7) is 3.65. The number of hydrogen-bond donors (Lipinski definition) is 0. The Morgan fingerprint density at radius 3 is 2.00 bits per heavy atom. The molecule has 0 spiro atoms. The zero-order valence-electron chi connectivity index (χ0n) is 5.40. The van der Waals surface area contributed by atoms with Crippen LogP contribution in [0.3, 0.4) is 0 Å². The molecule has 0 fully saturated rings. The van der Waals surface area contributed by atoms with Crippen molar-refractivity contribution < 1.29 is 40.8 Å². The van der Waals surface area contributed by atoms with Crippen molar-refractivity contribution in [1.29, 1.82) is 0 Å². The van der Waals surface area contributed by atoms with Crippen LogP contribution in [0.5, 0.6) is 0 Å². The third-order valence-electron chi connectivity index (χ3n) is 0.348. The van der Waals surface area contributed by atoms with Crippen molar-refractivity contribution >= 4 is 5.97 Å². The molecule has 44 valence electrons. The average molecular weight is 130 g/mol. The van der Waals surface area contributed by atoms with Crippen molar-refractivity contribution in [2.24, 2.45) is 0 Å². The van der Waals surface area contributed by atoms with Crippen molar-refractivity contribution in [3.63, 3.8) is 0 Å². The second-order valence-corrected chi connectivity index (χ2v) is 0.925. The van der Waals surface area contributed by atoms with Crippen LogP contribution in [0.1, 0.15) is 13.8 Å². The molecule has 0 bridgehead atoms. The van der Waals surface area contributed by atoms with Gasteiger partial charge in [-0.1, -0.05) is 0 Å². The van der Waals surface area contributed by atoms with Crippen LogP contribution in [0, 0.1) is 0 Å². The zero-order valence-corrected chi connectivity index (χ0v) is 6.16. The Morgan fingerprint density at radius 1 is 1.62 bits per heavy atom. The molecular weight excluding hydrogens is 122 g/mol. The zero-order chi connectivity index (χ0) is 4.99. The predicted molar refractivity (Wildman–Crippen MR) is 22.3 cm³/mol. The van der Waals surface area contributed by atoms with E-state index in [1.807, 2.05) is 0 Å². The van der Waals surface area contributed by atoms with E-state index in [4.69, 9.17) is 0 Å². The van der Waals surface area contributed by atoms with Gasteiger partial charge in [0, 0.05) is 6.92 Å². The summed E-state index contributed by atoms with van der Waals surface area (Å²) in [5.41, 5.74) is 0. The van der Waals surface area contributed by atoms with Crippen LogP contribution >= 0.6 is 0 Å². The molecular formula is C4H8ClLiO2. The fraction of sp³-hybridized carbons (Fsp3) is 0.750. The second kappa shape index (κ2) is 10.4. The van der Waals surface area contributed by atoms with Gasteiger partial charge in [0.05, 0.1) is 6.61 Å². The van der Waals surface area contributed by atoms with E-state index in [0.717, 1.165) is 0 Å². The van der Waals surface area contributed by atoms with Crippen LogP contribution in [0.25, 0.3) is 0 Å². The van der Waals surface area contributed by atoms with E-state index in [1.165, 1.54) is 6.92 Å². The van der Waals surface area contributed by atoms with E-state index in [2.05, 4.69) is 4.74 Å². The van der Waals surface area contributed by atoms with Crippen LogP contribution in [0.2, 0.25) is 0 Å². The van der Waals surface area contributed by atoms with E-state index >= 15 is 0 Å². The summed E-state index contributed by atoms with van der Waals surface area (Å²) < 4.78 is 4.40. The van der Waals surface area contributed by atoms with Crippen LogP contribution < -0.4 is 31.3 Å². The molecule has 0 N–H and O–H groups in total. The molecule has 0 aliphatic rings. The first-order chi connectivity index (χ1) is 2.77. The number of esters is 1. The standard InChI is InChI=1S/C4H8O2.ClH.Li/c1-3-6-4(2)5;;/h3H2,1-2H3;1H;/q;;+1/p-1. The Hall–Kier alpha value is 0.357. The Balaban J connectivity index is -0.000000125. The quantitative estimate of drug-likeness (QED) is 0.262. The minimum Gasteiger partial charge on any atom is -1.00 e. The van der Waals surface area contributed by atoms with Gasteiger partial charge >= 0.3 is 24.8 Å². The molecule has 0 aliphatic carbocycles. The third kappa shape index (κ3) is 16.2. The van der Waals surface area contributed by atoms with Gasteiger partial charge < -0.3 is 17.1 Å². The molecule has 8 heavy (non-hydrogen) atoms. The van der Waals surface area contributed by atoms with Gasteiger partial charge in [0.15, 0.2) is 0 Å². The summed E-state index contributed by atoms with van der Waals surface area (Å²) in [5.74, 6) is -0.211. The van der Waals surface area contributed by atoms with E-state index < -0.39 is 0 Å². The molecule has 0 aromatic rings. The topological polar surface area (TPSA) is 26.3 Å². The molecule has 4 heteroatoms. The first-order valence-corrected chi connectivity index (χ1v) is 1.90. The number of rotatable bonds is 1. The normalized spacial score (nSPS) is 5.75. The average Bonchev–Trinajstić information content (AvgIpc) is 1.35. The molecule has 0 atom stereocenters. The van der Waals surface area contributed by atoms with Crippen molar-refractivity contribution in [2.75, 3.05) is 6.61 Å². The third-order valence-corrected chi connectivity index (χ3v) is 0.348. The molecule has 0 aromatic heterocycles. The minimum atomic E-state index is -0.211. The molecule has 0 heterocycles. The van der Waals surface area contributed by atoms with Crippen LogP contribution in [-0.2, 0) is 9.53 Å². The van der Waals surface area contributed by atoms with E-state index in [1.54, 1.807) is 6.92 Å². The molecule has 0 rings (SSSR count). The van der Waals surface area contributed by atoms with Crippen LogP contribution in [0.4, 0.5) is 0 Å². The molecule has 2 nitrogen and oxygen atoms in total. The predicted octanol–water partition coefficient (Wildman–Crippen LogP) is -5.42. The largest absolute Gasteiger partial charge is 1.00 e. The second-order valence-electron chi connectivity index (χ2n) is 0.925. The summed E-state index contributed by atoms with van der Waals surface area (Å²) >= 11 is 0. The summed E-state index contributed by atoms with van der Waals surface area (Å²) in [5, 5.41) is 0. The van der Waals surface area contributed by atoms with E-state index in [9.17, 15) is 4.79 Å². The van der Waals surface area contributed by atoms with Gasteiger partial charge in [0.2, 0.25) is 0 Å². The van der Waals surface area contributed by atoms with Crippen molar-refractivity contribution in [2.45, 2.75) is 13.8 Å². The Labute approximate surface area is 67.6 Å². The maximum absolute atomic E-state index is 9.82. The van der Waals surface area contributed by atoms with Gasteiger partial charge in [-0.15, -0.1) is 0 Å². The summed E-state index contributed by atoms with van der Waals surface area (Å²) in [4.78, 5) is 9.82. The number of ether oxygens (including phenoxy) is 1. The SMILES string of the molecule is CCOC(C)=O.[Cl-].[Li+]. The van der Waals surface area contributed by atoms with Crippen LogP contribution in [0.15, 0.2) is 0 Å². The fourth-order valence-electron chi connectivity index (χ4n) is 0.203. The first kappa shape index (κ1) is 15.8.